The van der Waals surface area contributed by atoms with E-state index in [9.17, 15) is 8.78 Å². The van der Waals surface area contributed by atoms with Gasteiger partial charge in [0.2, 0.25) is 0 Å². The molecule has 0 fully saturated rings. The molecule has 1 aromatic carbocycles. The maximum absolute atomic E-state index is 13.8. The zero-order valence-electron chi connectivity index (χ0n) is 11.5. The van der Waals surface area contributed by atoms with Crippen LogP contribution in [-0.2, 0) is 0 Å². The van der Waals surface area contributed by atoms with Crippen molar-refractivity contribution >= 4 is 0 Å². The second-order valence-corrected chi connectivity index (χ2v) is 4.82. The fourth-order valence-electron chi connectivity index (χ4n) is 2.28. The number of rotatable bonds is 7. The molecule has 102 valence electrons. The molecule has 1 rings (SSSR count). The van der Waals surface area contributed by atoms with E-state index in [1.165, 1.54) is 18.2 Å². The Hall–Kier alpha value is -0.960. The molecule has 0 heterocycles. The molecule has 0 radical (unpaired) electrons. The van der Waals surface area contributed by atoms with Gasteiger partial charge in [0.15, 0.2) is 0 Å². The molecule has 0 amide bonds. The summed E-state index contributed by atoms with van der Waals surface area (Å²) in [6.45, 7) is 6.96. The number of nitrogens with one attached hydrogen (secondary N) is 1. The van der Waals surface area contributed by atoms with Crippen LogP contribution >= 0.6 is 0 Å². The van der Waals surface area contributed by atoms with E-state index >= 15 is 0 Å². The molecule has 2 unspecified atom stereocenters. The zero-order valence-corrected chi connectivity index (χ0v) is 11.5. The third kappa shape index (κ3) is 4.05. The lowest BCUT2D eigenvalue weighted by atomic mass is 9.90. The minimum atomic E-state index is -0.378. The van der Waals surface area contributed by atoms with E-state index in [1.807, 2.05) is 6.92 Å². The largest absolute Gasteiger partial charge is 0.310 e. The van der Waals surface area contributed by atoms with Crippen LogP contribution in [-0.4, -0.2) is 6.54 Å². The van der Waals surface area contributed by atoms with Crippen molar-refractivity contribution in [2.24, 2.45) is 5.92 Å². The average Bonchev–Trinajstić information content (AvgIpc) is 2.36. The second kappa shape index (κ2) is 7.47. The lowest BCUT2D eigenvalue weighted by Gasteiger charge is -2.25. The lowest BCUT2D eigenvalue weighted by Crippen LogP contribution is -2.27. The van der Waals surface area contributed by atoms with Gasteiger partial charge in [0.05, 0.1) is 0 Å². The van der Waals surface area contributed by atoms with Gasteiger partial charge in [-0.2, -0.15) is 0 Å². The summed E-state index contributed by atoms with van der Waals surface area (Å²) in [5.41, 5.74) is 0.445. The van der Waals surface area contributed by atoms with Crippen molar-refractivity contribution in [1.29, 1.82) is 0 Å². The van der Waals surface area contributed by atoms with Gasteiger partial charge in [-0.3, -0.25) is 0 Å². The molecule has 0 bridgehead atoms. The van der Waals surface area contributed by atoms with Gasteiger partial charge in [-0.05, 0) is 37.1 Å². The molecule has 1 N–H and O–H groups in total. The van der Waals surface area contributed by atoms with Crippen LogP contribution < -0.4 is 5.32 Å². The fraction of sp³-hybridized carbons (Fsp3) is 0.600. The summed E-state index contributed by atoms with van der Waals surface area (Å²) in [7, 11) is 0. The van der Waals surface area contributed by atoms with Crippen molar-refractivity contribution < 1.29 is 8.78 Å². The number of benzene rings is 1. The maximum Gasteiger partial charge on any atom is 0.128 e. The van der Waals surface area contributed by atoms with Crippen molar-refractivity contribution in [1.82, 2.24) is 5.32 Å². The normalized spacial score (nSPS) is 14.5. The van der Waals surface area contributed by atoms with E-state index in [0.717, 1.165) is 25.8 Å². The van der Waals surface area contributed by atoms with Gasteiger partial charge in [-0.25, -0.2) is 8.78 Å². The Morgan fingerprint density at radius 3 is 2.56 bits per heavy atom. The molecule has 0 saturated carbocycles. The number of unbranched alkanes of at least 4 members (excludes halogenated alkanes) is 1. The van der Waals surface area contributed by atoms with Crippen molar-refractivity contribution in [3.63, 3.8) is 0 Å². The summed E-state index contributed by atoms with van der Waals surface area (Å²) < 4.78 is 27.1. The highest BCUT2D eigenvalue weighted by atomic mass is 19.1. The van der Waals surface area contributed by atoms with E-state index in [4.69, 9.17) is 0 Å². The molecule has 0 spiro atoms. The van der Waals surface area contributed by atoms with E-state index in [0.29, 0.717) is 11.5 Å². The molecule has 2 atom stereocenters. The molecule has 0 aliphatic carbocycles. The third-order valence-electron chi connectivity index (χ3n) is 3.30. The Kier molecular flexibility index (Phi) is 6.27. The number of halogens is 2. The van der Waals surface area contributed by atoms with Crippen LogP contribution in [0.2, 0.25) is 0 Å². The minimum absolute atomic E-state index is 0.114. The van der Waals surface area contributed by atoms with Gasteiger partial charge in [0.25, 0.3) is 0 Å². The summed E-state index contributed by atoms with van der Waals surface area (Å²) in [6, 6.07) is 3.57. The van der Waals surface area contributed by atoms with E-state index in [2.05, 4.69) is 19.2 Å². The SMILES string of the molecule is CCCCC(C)C(NCC)c1cc(F)ccc1F. The Morgan fingerprint density at radius 2 is 1.94 bits per heavy atom. The van der Waals surface area contributed by atoms with Gasteiger partial charge >= 0.3 is 0 Å². The quantitative estimate of drug-likeness (QED) is 0.759. The fourth-order valence-corrected chi connectivity index (χ4v) is 2.28. The van der Waals surface area contributed by atoms with Crippen LogP contribution in [0.25, 0.3) is 0 Å². The predicted octanol–water partition coefficient (Wildman–Crippen LogP) is 4.44. The van der Waals surface area contributed by atoms with Gasteiger partial charge < -0.3 is 5.32 Å². The van der Waals surface area contributed by atoms with Gasteiger partial charge in [-0.1, -0.05) is 33.6 Å². The Morgan fingerprint density at radius 1 is 1.22 bits per heavy atom. The van der Waals surface area contributed by atoms with Crippen LogP contribution in [0, 0.1) is 17.6 Å². The molecule has 0 aliphatic heterocycles. The van der Waals surface area contributed by atoms with Gasteiger partial charge in [0.1, 0.15) is 11.6 Å². The second-order valence-electron chi connectivity index (χ2n) is 4.82. The molecule has 0 saturated heterocycles. The summed E-state index contributed by atoms with van der Waals surface area (Å²) in [5.74, 6) is -0.413. The topological polar surface area (TPSA) is 12.0 Å². The van der Waals surface area contributed by atoms with Crippen molar-refractivity contribution in [2.75, 3.05) is 6.54 Å². The summed E-state index contributed by atoms with van der Waals surface area (Å²) in [5, 5.41) is 3.27. The highest BCUT2D eigenvalue weighted by Gasteiger charge is 2.21. The summed E-state index contributed by atoms with van der Waals surface area (Å²) in [6.07, 6.45) is 3.25. The number of hydrogen-bond donors (Lipinski definition) is 1. The standard InChI is InChI=1S/C15H23F2N/c1-4-6-7-11(3)15(18-5-2)13-10-12(16)8-9-14(13)17/h8-11,15,18H,4-7H2,1-3H3. The molecular weight excluding hydrogens is 232 g/mol. The molecule has 0 aromatic heterocycles. The molecule has 1 aromatic rings. The Bertz CT molecular complexity index is 366. The first-order chi connectivity index (χ1) is 8.60. The monoisotopic (exact) mass is 255 g/mol. The van der Waals surface area contributed by atoms with Gasteiger partial charge in [-0.15, -0.1) is 0 Å². The average molecular weight is 255 g/mol. The minimum Gasteiger partial charge on any atom is -0.310 e. The molecular formula is C15H23F2N. The first kappa shape index (κ1) is 15.1. The smallest absolute Gasteiger partial charge is 0.128 e. The summed E-state index contributed by atoms with van der Waals surface area (Å²) in [4.78, 5) is 0. The van der Waals surface area contributed by atoms with Crippen molar-refractivity contribution in [2.45, 2.75) is 46.1 Å². The van der Waals surface area contributed by atoms with Crippen LogP contribution in [0.5, 0.6) is 0 Å². The highest BCUT2D eigenvalue weighted by Crippen LogP contribution is 2.28. The van der Waals surface area contributed by atoms with Crippen LogP contribution in [0.3, 0.4) is 0 Å². The van der Waals surface area contributed by atoms with Gasteiger partial charge in [0, 0.05) is 11.6 Å². The van der Waals surface area contributed by atoms with E-state index in [1.54, 1.807) is 0 Å². The lowest BCUT2D eigenvalue weighted by molar-refractivity contribution is 0.352. The Labute approximate surface area is 109 Å². The molecule has 1 nitrogen and oxygen atoms in total. The molecule has 0 aliphatic rings. The highest BCUT2D eigenvalue weighted by molar-refractivity contribution is 5.23. The van der Waals surface area contributed by atoms with Crippen molar-refractivity contribution in [3.8, 4) is 0 Å². The summed E-state index contributed by atoms with van der Waals surface area (Å²) >= 11 is 0. The van der Waals surface area contributed by atoms with E-state index < -0.39 is 0 Å². The van der Waals surface area contributed by atoms with Crippen molar-refractivity contribution in [3.05, 3.63) is 35.4 Å². The predicted molar refractivity (Wildman–Crippen MR) is 71.5 cm³/mol. The van der Waals surface area contributed by atoms with E-state index in [-0.39, 0.29) is 17.7 Å². The zero-order chi connectivity index (χ0) is 13.5. The van der Waals surface area contributed by atoms with Crippen LogP contribution in [0.1, 0.15) is 51.6 Å². The first-order valence-corrected chi connectivity index (χ1v) is 6.78. The maximum atomic E-state index is 13.8. The third-order valence-corrected chi connectivity index (χ3v) is 3.30. The number of hydrogen-bond acceptors (Lipinski definition) is 1. The first-order valence-electron chi connectivity index (χ1n) is 6.78. The van der Waals surface area contributed by atoms with Crippen LogP contribution in [0.15, 0.2) is 18.2 Å². The Balaban J connectivity index is 2.92. The molecule has 18 heavy (non-hydrogen) atoms. The van der Waals surface area contributed by atoms with Crippen LogP contribution in [0.4, 0.5) is 8.78 Å². The molecule has 3 heteroatoms.